The molecule has 2 aromatic rings. The Balaban J connectivity index is 1.21. The van der Waals surface area contributed by atoms with Gasteiger partial charge in [0.2, 0.25) is 5.91 Å². The number of hydrogen-bond donors (Lipinski definition) is 1. The summed E-state index contributed by atoms with van der Waals surface area (Å²) in [6, 6.07) is 17.4. The first-order valence-corrected chi connectivity index (χ1v) is 10.00. The number of fused-ring (bicyclic) bond motifs is 1. The average molecular weight is 375 g/mol. The molecule has 5 heteroatoms. The Hall–Kier alpha value is -2.84. The van der Waals surface area contributed by atoms with Crippen LogP contribution in [0, 0.1) is 17.2 Å². The first-order valence-electron chi connectivity index (χ1n) is 10.00. The minimum absolute atomic E-state index is 0.0121. The summed E-state index contributed by atoms with van der Waals surface area (Å²) in [5.41, 5.74) is 2.80. The number of benzene rings is 2. The summed E-state index contributed by atoms with van der Waals surface area (Å²) in [6.07, 6.45) is 3.09. The van der Waals surface area contributed by atoms with Gasteiger partial charge in [-0.3, -0.25) is 4.79 Å². The highest BCUT2D eigenvalue weighted by Crippen LogP contribution is 2.41. The molecule has 144 valence electrons. The number of likely N-dealkylation sites (tertiary alicyclic amines) is 1. The number of amides is 1. The van der Waals surface area contributed by atoms with Gasteiger partial charge in [-0.25, -0.2) is 0 Å². The molecule has 2 aliphatic heterocycles. The first kappa shape index (κ1) is 18.5. The van der Waals surface area contributed by atoms with E-state index in [-0.39, 0.29) is 11.8 Å². The highest BCUT2D eigenvalue weighted by Gasteiger charge is 2.37. The van der Waals surface area contributed by atoms with Crippen LogP contribution in [0.4, 0.5) is 5.69 Å². The van der Waals surface area contributed by atoms with E-state index in [2.05, 4.69) is 22.4 Å². The van der Waals surface area contributed by atoms with Gasteiger partial charge in [-0.05, 0) is 74.2 Å². The van der Waals surface area contributed by atoms with E-state index < -0.39 is 0 Å². The molecule has 1 amide bonds. The van der Waals surface area contributed by atoms with Gasteiger partial charge in [-0.2, -0.15) is 5.26 Å². The van der Waals surface area contributed by atoms with Crippen LogP contribution in [0.25, 0.3) is 0 Å². The molecule has 28 heavy (non-hydrogen) atoms. The fraction of sp³-hybridized carbons (Fsp3) is 0.391. The highest BCUT2D eigenvalue weighted by molar-refractivity contribution is 6.03. The zero-order chi connectivity index (χ0) is 19.3. The normalized spacial score (nSPS) is 19.7. The van der Waals surface area contributed by atoms with Gasteiger partial charge in [-0.1, -0.05) is 18.2 Å². The number of rotatable bonds is 6. The summed E-state index contributed by atoms with van der Waals surface area (Å²) in [4.78, 5) is 14.9. The van der Waals surface area contributed by atoms with Crippen molar-refractivity contribution in [2.45, 2.75) is 25.2 Å². The second kappa shape index (κ2) is 8.45. The highest BCUT2D eigenvalue weighted by atomic mass is 16.5. The minimum Gasteiger partial charge on any atom is -0.494 e. The number of nitrogens with one attached hydrogen (secondary N) is 1. The molecule has 1 atom stereocenters. The summed E-state index contributed by atoms with van der Waals surface area (Å²) in [6.45, 7) is 3.75. The van der Waals surface area contributed by atoms with Crippen LogP contribution in [0.1, 0.15) is 36.3 Å². The number of anilines is 1. The lowest BCUT2D eigenvalue weighted by Crippen LogP contribution is -2.37. The van der Waals surface area contributed by atoms with E-state index in [9.17, 15) is 4.79 Å². The molecule has 1 saturated heterocycles. The van der Waals surface area contributed by atoms with Crippen LogP contribution in [-0.4, -0.2) is 37.0 Å². The van der Waals surface area contributed by atoms with Crippen molar-refractivity contribution in [1.82, 2.24) is 4.90 Å². The molecule has 2 aromatic carbocycles. The number of nitriles is 1. The summed E-state index contributed by atoms with van der Waals surface area (Å²) in [5, 5.41) is 11.9. The maximum absolute atomic E-state index is 12.4. The summed E-state index contributed by atoms with van der Waals surface area (Å²) >= 11 is 0. The van der Waals surface area contributed by atoms with Crippen LogP contribution in [0.5, 0.6) is 5.75 Å². The smallest absolute Gasteiger partial charge is 0.232 e. The third-order valence-corrected chi connectivity index (χ3v) is 5.81. The molecule has 0 bridgehead atoms. The molecule has 1 unspecified atom stereocenters. The van der Waals surface area contributed by atoms with Crippen molar-refractivity contribution in [2.24, 2.45) is 5.92 Å². The van der Waals surface area contributed by atoms with Gasteiger partial charge >= 0.3 is 0 Å². The molecule has 0 radical (unpaired) electrons. The monoisotopic (exact) mass is 375 g/mol. The summed E-state index contributed by atoms with van der Waals surface area (Å²) in [7, 11) is 0. The number of piperidine rings is 1. The lowest BCUT2D eigenvalue weighted by molar-refractivity contribution is -0.118. The van der Waals surface area contributed by atoms with E-state index in [0.29, 0.717) is 18.1 Å². The molecular weight excluding hydrogens is 350 g/mol. The Labute approximate surface area is 165 Å². The predicted molar refractivity (Wildman–Crippen MR) is 108 cm³/mol. The third kappa shape index (κ3) is 4.02. The Morgan fingerprint density at radius 2 is 1.86 bits per heavy atom. The third-order valence-electron chi connectivity index (χ3n) is 5.81. The SMILES string of the molecule is N#Cc1ccc(OCCCN2CCC(C3C(=O)Nc4ccccc43)CC2)cc1. The zero-order valence-electron chi connectivity index (χ0n) is 15.9. The molecule has 2 heterocycles. The van der Waals surface area contributed by atoms with Gasteiger partial charge in [0.15, 0.2) is 0 Å². The molecule has 0 aliphatic carbocycles. The van der Waals surface area contributed by atoms with Gasteiger partial charge in [0.05, 0.1) is 24.2 Å². The number of carbonyl (C=O) groups excluding carboxylic acids is 1. The van der Waals surface area contributed by atoms with Crippen LogP contribution in [0.3, 0.4) is 0 Å². The van der Waals surface area contributed by atoms with Gasteiger partial charge in [0.25, 0.3) is 0 Å². The van der Waals surface area contributed by atoms with Gasteiger partial charge < -0.3 is 15.0 Å². The van der Waals surface area contributed by atoms with E-state index in [4.69, 9.17) is 10.00 Å². The first-order chi connectivity index (χ1) is 13.7. The maximum atomic E-state index is 12.4. The Bertz CT molecular complexity index is 864. The van der Waals surface area contributed by atoms with E-state index in [0.717, 1.165) is 50.3 Å². The fourth-order valence-corrected chi connectivity index (χ4v) is 4.32. The van der Waals surface area contributed by atoms with Crippen LogP contribution in [-0.2, 0) is 4.79 Å². The Kier molecular flexibility index (Phi) is 5.59. The van der Waals surface area contributed by atoms with Crippen molar-refractivity contribution < 1.29 is 9.53 Å². The van der Waals surface area contributed by atoms with Crippen LogP contribution >= 0.6 is 0 Å². The average Bonchev–Trinajstić information content (AvgIpc) is 3.08. The van der Waals surface area contributed by atoms with Crippen molar-refractivity contribution in [3.8, 4) is 11.8 Å². The van der Waals surface area contributed by atoms with Crippen molar-refractivity contribution in [3.05, 3.63) is 59.7 Å². The van der Waals surface area contributed by atoms with E-state index >= 15 is 0 Å². The Morgan fingerprint density at radius 3 is 2.61 bits per heavy atom. The second-order valence-electron chi connectivity index (χ2n) is 7.57. The lowest BCUT2D eigenvalue weighted by atomic mass is 9.81. The standard InChI is InChI=1S/C23H25N3O2/c24-16-17-6-8-19(9-7-17)28-15-3-12-26-13-10-18(11-14-26)22-20-4-1-2-5-21(20)25-23(22)27/h1-2,4-9,18,22H,3,10-15H2,(H,25,27). The van der Waals surface area contributed by atoms with Crippen molar-refractivity contribution in [2.75, 3.05) is 31.6 Å². The van der Waals surface area contributed by atoms with Gasteiger partial charge in [-0.15, -0.1) is 0 Å². The number of para-hydroxylation sites is 1. The summed E-state index contributed by atoms with van der Waals surface area (Å²) < 4.78 is 5.76. The van der Waals surface area contributed by atoms with E-state index in [1.807, 2.05) is 30.3 Å². The molecule has 4 rings (SSSR count). The quantitative estimate of drug-likeness (QED) is 0.781. The number of nitrogens with zero attached hydrogens (tertiary/aromatic N) is 2. The molecule has 1 fully saturated rings. The second-order valence-corrected chi connectivity index (χ2v) is 7.57. The molecule has 0 aromatic heterocycles. The minimum atomic E-state index is 0.0121. The van der Waals surface area contributed by atoms with Crippen molar-refractivity contribution in [3.63, 3.8) is 0 Å². The molecule has 1 N–H and O–H groups in total. The molecular formula is C23H25N3O2. The van der Waals surface area contributed by atoms with E-state index in [1.165, 1.54) is 5.56 Å². The number of hydrogen-bond acceptors (Lipinski definition) is 4. The lowest BCUT2D eigenvalue weighted by Gasteiger charge is -2.34. The topological polar surface area (TPSA) is 65.4 Å². The number of carbonyl (C=O) groups is 1. The van der Waals surface area contributed by atoms with Gasteiger partial charge in [0.1, 0.15) is 5.75 Å². The molecule has 2 aliphatic rings. The molecule has 0 saturated carbocycles. The van der Waals surface area contributed by atoms with Gasteiger partial charge in [0, 0.05) is 12.2 Å². The van der Waals surface area contributed by atoms with Crippen LogP contribution in [0.2, 0.25) is 0 Å². The van der Waals surface area contributed by atoms with E-state index in [1.54, 1.807) is 12.1 Å². The molecule has 0 spiro atoms. The summed E-state index contributed by atoms with van der Waals surface area (Å²) in [5.74, 6) is 1.41. The largest absolute Gasteiger partial charge is 0.494 e. The maximum Gasteiger partial charge on any atom is 0.232 e. The molecule has 5 nitrogen and oxygen atoms in total. The van der Waals surface area contributed by atoms with Crippen LogP contribution < -0.4 is 10.1 Å². The zero-order valence-corrected chi connectivity index (χ0v) is 15.9. The van der Waals surface area contributed by atoms with Crippen molar-refractivity contribution >= 4 is 11.6 Å². The van der Waals surface area contributed by atoms with Crippen LogP contribution in [0.15, 0.2) is 48.5 Å². The predicted octanol–water partition coefficient (Wildman–Crippen LogP) is 3.78. The Morgan fingerprint density at radius 1 is 1.11 bits per heavy atom. The van der Waals surface area contributed by atoms with Crippen molar-refractivity contribution in [1.29, 1.82) is 5.26 Å². The fourth-order valence-electron chi connectivity index (χ4n) is 4.32. The number of ether oxygens (including phenoxy) is 1.